The Kier molecular flexibility index (Phi) is 10.0. The summed E-state index contributed by atoms with van der Waals surface area (Å²) in [6.07, 6.45) is 2.13. The third-order valence-electron chi connectivity index (χ3n) is 5.06. The summed E-state index contributed by atoms with van der Waals surface area (Å²) in [6.45, 7) is 6.31. The van der Waals surface area contributed by atoms with E-state index in [9.17, 15) is 10.1 Å². The van der Waals surface area contributed by atoms with Gasteiger partial charge in [-0.1, -0.05) is 42.5 Å². The van der Waals surface area contributed by atoms with Gasteiger partial charge in [0.2, 0.25) is 0 Å². The maximum Gasteiger partial charge on any atom is 0.269 e. The van der Waals surface area contributed by atoms with E-state index in [1.165, 1.54) is 11.6 Å². The zero-order chi connectivity index (χ0) is 20.5. The highest BCUT2D eigenvalue weighted by atomic mass is 127. The summed E-state index contributed by atoms with van der Waals surface area (Å²) in [7, 11) is 0. The third kappa shape index (κ3) is 7.56. The molecule has 1 fully saturated rings. The van der Waals surface area contributed by atoms with Crippen LogP contribution in [0, 0.1) is 10.1 Å². The summed E-state index contributed by atoms with van der Waals surface area (Å²) in [5.74, 6) is 0.764. The first kappa shape index (κ1) is 24.1. The summed E-state index contributed by atoms with van der Waals surface area (Å²) in [6, 6.07) is 17.6. The van der Waals surface area contributed by atoms with Crippen LogP contribution in [0.3, 0.4) is 0 Å². The quantitative estimate of drug-likeness (QED) is 0.189. The predicted molar refractivity (Wildman–Crippen MR) is 131 cm³/mol. The van der Waals surface area contributed by atoms with E-state index >= 15 is 0 Å². The van der Waals surface area contributed by atoms with Crippen molar-refractivity contribution in [3.63, 3.8) is 0 Å². The van der Waals surface area contributed by atoms with E-state index in [2.05, 4.69) is 50.9 Å². The fraction of sp³-hybridized carbons (Fsp3) is 0.409. The fourth-order valence-electron chi connectivity index (χ4n) is 3.53. The van der Waals surface area contributed by atoms with Crippen LogP contribution < -0.4 is 10.6 Å². The molecule has 2 aromatic rings. The lowest BCUT2D eigenvalue weighted by molar-refractivity contribution is -0.384. The highest BCUT2D eigenvalue weighted by molar-refractivity contribution is 14.0. The number of rotatable bonds is 7. The minimum atomic E-state index is -0.375. The molecule has 0 radical (unpaired) electrons. The van der Waals surface area contributed by atoms with Crippen LogP contribution in [0.25, 0.3) is 0 Å². The van der Waals surface area contributed by atoms with E-state index in [-0.39, 0.29) is 34.6 Å². The minimum Gasteiger partial charge on any atom is -0.357 e. The maximum absolute atomic E-state index is 10.9. The van der Waals surface area contributed by atoms with E-state index < -0.39 is 0 Å². The van der Waals surface area contributed by atoms with Gasteiger partial charge in [0.25, 0.3) is 5.69 Å². The van der Waals surface area contributed by atoms with Crippen LogP contribution in [0.1, 0.15) is 30.9 Å². The lowest BCUT2D eigenvalue weighted by atomic mass is 10.0. The second-order valence-electron chi connectivity index (χ2n) is 7.30. The fourth-order valence-corrected chi connectivity index (χ4v) is 3.53. The van der Waals surface area contributed by atoms with Gasteiger partial charge in [-0.3, -0.25) is 15.0 Å². The van der Waals surface area contributed by atoms with E-state index in [4.69, 9.17) is 0 Å². The molecule has 0 aliphatic carbocycles. The van der Waals surface area contributed by atoms with E-state index in [1.54, 1.807) is 12.1 Å². The number of nitrogens with one attached hydrogen (secondary N) is 2. The summed E-state index contributed by atoms with van der Waals surface area (Å²) in [5, 5.41) is 17.7. The lowest BCUT2D eigenvalue weighted by Crippen LogP contribution is -2.48. The molecule has 0 unspecified atom stereocenters. The molecule has 0 spiro atoms. The van der Waals surface area contributed by atoms with Crippen LogP contribution >= 0.6 is 24.0 Å². The first-order valence-electron chi connectivity index (χ1n) is 10.2. The number of likely N-dealkylation sites (tertiary alicyclic amines) is 1. The van der Waals surface area contributed by atoms with Crippen LogP contribution in [0.4, 0.5) is 5.69 Å². The van der Waals surface area contributed by atoms with Crippen LogP contribution in [0.2, 0.25) is 0 Å². The molecule has 1 aliphatic rings. The van der Waals surface area contributed by atoms with Gasteiger partial charge in [-0.15, -0.1) is 24.0 Å². The van der Waals surface area contributed by atoms with Gasteiger partial charge in [0.05, 0.1) is 11.5 Å². The van der Waals surface area contributed by atoms with Gasteiger partial charge in [-0.25, -0.2) is 4.99 Å². The zero-order valence-electron chi connectivity index (χ0n) is 17.3. The smallest absolute Gasteiger partial charge is 0.269 e. The number of nitrogens with zero attached hydrogens (tertiary/aromatic N) is 3. The number of nitro benzene ring substituents is 1. The van der Waals surface area contributed by atoms with Crippen molar-refractivity contribution in [2.75, 3.05) is 19.6 Å². The zero-order valence-corrected chi connectivity index (χ0v) is 19.6. The van der Waals surface area contributed by atoms with Crippen molar-refractivity contribution in [2.24, 2.45) is 4.99 Å². The molecule has 0 bridgehead atoms. The van der Waals surface area contributed by atoms with Gasteiger partial charge in [0.1, 0.15) is 0 Å². The summed E-state index contributed by atoms with van der Waals surface area (Å²) < 4.78 is 0. The average Bonchev–Trinajstić information content (AvgIpc) is 2.74. The van der Waals surface area contributed by atoms with Gasteiger partial charge in [0, 0.05) is 44.4 Å². The Bertz CT molecular complexity index is 823. The highest BCUT2D eigenvalue weighted by Crippen LogP contribution is 2.15. The van der Waals surface area contributed by atoms with E-state index in [0.29, 0.717) is 12.6 Å². The molecule has 1 saturated heterocycles. The van der Waals surface area contributed by atoms with Crippen molar-refractivity contribution < 1.29 is 4.92 Å². The van der Waals surface area contributed by atoms with Gasteiger partial charge < -0.3 is 10.6 Å². The monoisotopic (exact) mass is 523 g/mol. The van der Waals surface area contributed by atoms with Gasteiger partial charge in [0.15, 0.2) is 5.96 Å². The number of benzene rings is 2. The van der Waals surface area contributed by atoms with Crippen LogP contribution in [-0.4, -0.2) is 41.5 Å². The Morgan fingerprint density at radius 1 is 1.13 bits per heavy atom. The molecule has 162 valence electrons. The van der Waals surface area contributed by atoms with Gasteiger partial charge >= 0.3 is 0 Å². The maximum atomic E-state index is 10.9. The van der Waals surface area contributed by atoms with Crippen LogP contribution in [0.15, 0.2) is 59.6 Å². The summed E-state index contributed by atoms with van der Waals surface area (Å²) >= 11 is 0. The molecule has 2 N–H and O–H groups in total. The third-order valence-corrected chi connectivity index (χ3v) is 5.06. The minimum absolute atomic E-state index is 0. The van der Waals surface area contributed by atoms with Crippen LogP contribution in [-0.2, 0) is 13.1 Å². The molecule has 2 aromatic carbocycles. The number of halogens is 1. The predicted octanol–water partition coefficient (Wildman–Crippen LogP) is 3.93. The van der Waals surface area contributed by atoms with Crippen molar-refractivity contribution in [3.8, 4) is 0 Å². The average molecular weight is 523 g/mol. The second-order valence-corrected chi connectivity index (χ2v) is 7.30. The van der Waals surface area contributed by atoms with Crippen molar-refractivity contribution in [2.45, 2.75) is 38.9 Å². The number of piperidine rings is 1. The molecule has 8 heteroatoms. The van der Waals surface area contributed by atoms with Crippen molar-refractivity contribution in [3.05, 3.63) is 75.8 Å². The number of hydrogen-bond donors (Lipinski definition) is 2. The van der Waals surface area contributed by atoms with Crippen LogP contribution in [0.5, 0.6) is 0 Å². The molecule has 1 aliphatic heterocycles. The molecule has 30 heavy (non-hydrogen) atoms. The largest absolute Gasteiger partial charge is 0.357 e. The second kappa shape index (κ2) is 12.5. The Morgan fingerprint density at radius 2 is 1.83 bits per heavy atom. The van der Waals surface area contributed by atoms with Crippen molar-refractivity contribution in [1.29, 1.82) is 0 Å². The topological polar surface area (TPSA) is 82.8 Å². The van der Waals surface area contributed by atoms with Gasteiger partial charge in [-0.2, -0.15) is 0 Å². The Labute approximate surface area is 195 Å². The highest BCUT2D eigenvalue weighted by Gasteiger charge is 2.20. The van der Waals surface area contributed by atoms with E-state index in [0.717, 1.165) is 50.5 Å². The van der Waals surface area contributed by atoms with E-state index in [1.807, 2.05) is 13.0 Å². The summed E-state index contributed by atoms with van der Waals surface area (Å²) in [5.41, 5.74) is 2.28. The number of guanidine groups is 1. The van der Waals surface area contributed by atoms with Crippen molar-refractivity contribution >= 4 is 35.6 Å². The van der Waals surface area contributed by atoms with Gasteiger partial charge in [-0.05, 0) is 30.9 Å². The number of nitro groups is 1. The number of hydrogen-bond acceptors (Lipinski definition) is 4. The Hall–Kier alpha value is -2.20. The SMILES string of the molecule is CCNC(=NCc1cccc([N+](=O)[O-])c1)NC1CCN(Cc2ccccc2)CC1.I. The molecule has 3 rings (SSSR count). The molecule has 1 heterocycles. The molecule has 0 amide bonds. The standard InChI is InChI=1S/C22H29N5O2.HI/c1-2-23-22(24-16-19-9-6-10-21(15-19)27(28)29)25-20-11-13-26(14-12-20)17-18-7-4-3-5-8-18;/h3-10,15,20H,2,11-14,16-17H2,1H3,(H2,23,24,25);1H. The molecule has 0 aromatic heterocycles. The lowest BCUT2D eigenvalue weighted by Gasteiger charge is -2.33. The number of aliphatic imine (C=N–C) groups is 1. The Balaban J connectivity index is 0.00000320. The van der Waals surface area contributed by atoms with Crippen molar-refractivity contribution in [1.82, 2.24) is 15.5 Å². The first-order chi connectivity index (χ1) is 14.1. The summed E-state index contributed by atoms with van der Waals surface area (Å²) in [4.78, 5) is 17.7. The normalized spacial score (nSPS) is 15.3. The number of non-ortho nitro benzene ring substituents is 1. The molecule has 0 atom stereocenters. The molecular weight excluding hydrogens is 493 g/mol. The molecular formula is C22H30IN5O2. The Morgan fingerprint density at radius 3 is 2.50 bits per heavy atom. The first-order valence-corrected chi connectivity index (χ1v) is 10.2. The molecule has 7 nitrogen and oxygen atoms in total. The molecule has 0 saturated carbocycles.